The topological polar surface area (TPSA) is 38.4 Å². The minimum atomic E-state index is 0.474. The van der Waals surface area contributed by atoms with Crippen LogP contribution in [0.3, 0.4) is 0 Å². The molecule has 0 aliphatic carbocycles. The van der Waals surface area contributed by atoms with Crippen molar-refractivity contribution in [3.8, 4) is 0 Å². The van der Waals surface area contributed by atoms with Gasteiger partial charge in [0.05, 0.1) is 5.70 Å². The van der Waals surface area contributed by atoms with Crippen molar-refractivity contribution in [1.29, 1.82) is 0 Å². The Balaban J connectivity index is 2.90. The van der Waals surface area contributed by atoms with Gasteiger partial charge in [0.25, 0.3) is 0 Å². The fourth-order valence-electron chi connectivity index (χ4n) is 1.31. The van der Waals surface area contributed by atoms with E-state index in [1.165, 1.54) is 5.57 Å². The molecular weight excluding hydrogens is 300 g/mol. The lowest BCUT2D eigenvalue weighted by Crippen LogP contribution is -2.13. The molecule has 0 saturated carbocycles. The Morgan fingerprint density at radius 1 is 1.16 bits per heavy atom. The molecule has 1 rings (SSSR count). The second kappa shape index (κ2) is 7.10. The Hall–Kier alpha value is -1.61. The van der Waals surface area contributed by atoms with Gasteiger partial charge in [-0.3, -0.25) is 0 Å². The highest BCUT2D eigenvalue weighted by molar-refractivity contribution is 9.10. The molecule has 0 bridgehead atoms. The average Bonchev–Trinajstić information content (AvgIpc) is 2.36. The van der Waals surface area contributed by atoms with Gasteiger partial charge < -0.3 is 5.73 Å². The van der Waals surface area contributed by atoms with Crippen molar-refractivity contribution >= 4 is 21.8 Å². The maximum absolute atomic E-state index is 5.97. The monoisotopic (exact) mass is 318 g/mol. The fraction of sp³-hybridized carbons (Fsp3) is 0.188. The van der Waals surface area contributed by atoms with Gasteiger partial charge in [-0.15, -0.1) is 0 Å². The van der Waals surface area contributed by atoms with Crippen molar-refractivity contribution in [2.24, 2.45) is 10.7 Å². The quantitative estimate of drug-likeness (QED) is 0.492. The van der Waals surface area contributed by atoms with Crippen molar-refractivity contribution in [1.82, 2.24) is 0 Å². The van der Waals surface area contributed by atoms with Gasteiger partial charge in [0.2, 0.25) is 0 Å². The molecule has 100 valence electrons. The van der Waals surface area contributed by atoms with Crippen LogP contribution in [0, 0.1) is 0 Å². The molecule has 19 heavy (non-hydrogen) atoms. The van der Waals surface area contributed by atoms with Gasteiger partial charge in [0.15, 0.2) is 0 Å². The Bertz CT molecular complexity index is 545. The third-order valence-electron chi connectivity index (χ3n) is 2.52. The summed E-state index contributed by atoms with van der Waals surface area (Å²) in [5.41, 5.74) is 9.77. The van der Waals surface area contributed by atoms with E-state index < -0.39 is 0 Å². The lowest BCUT2D eigenvalue weighted by molar-refractivity contribution is 1.28. The van der Waals surface area contributed by atoms with E-state index in [4.69, 9.17) is 5.73 Å². The van der Waals surface area contributed by atoms with E-state index in [9.17, 15) is 0 Å². The molecule has 0 spiro atoms. The lowest BCUT2D eigenvalue weighted by atomic mass is 10.2. The third-order valence-corrected chi connectivity index (χ3v) is 3.05. The zero-order chi connectivity index (χ0) is 14.4. The Morgan fingerprint density at radius 2 is 1.74 bits per heavy atom. The van der Waals surface area contributed by atoms with E-state index in [-0.39, 0.29) is 0 Å². The molecule has 0 unspecified atom stereocenters. The number of hydrogen-bond donors (Lipinski definition) is 1. The molecular formula is C16H19BrN2. The first-order valence-electron chi connectivity index (χ1n) is 6.01. The normalized spacial score (nSPS) is 12.2. The first-order chi connectivity index (χ1) is 8.90. The van der Waals surface area contributed by atoms with E-state index in [2.05, 4.69) is 27.5 Å². The van der Waals surface area contributed by atoms with Crippen LogP contribution in [-0.2, 0) is 0 Å². The second-order valence-electron chi connectivity index (χ2n) is 4.54. The number of nitrogens with two attached hydrogens (primary N) is 1. The molecule has 0 atom stereocenters. The summed E-state index contributed by atoms with van der Waals surface area (Å²) in [6.45, 7) is 10.0. The number of benzene rings is 1. The standard InChI is InChI=1S/C16H19BrN2/c1-11(2)5-6-12(3)13(4)19-16(18)14-7-9-15(17)10-8-14/h5-10H,4H2,1-3H3,(H2,18,19)/b12-6+. The molecule has 0 fully saturated rings. The van der Waals surface area contributed by atoms with Crippen LogP contribution < -0.4 is 5.73 Å². The summed E-state index contributed by atoms with van der Waals surface area (Å²) in [5, 5.41) is 0. The fourth-order valence-corrected chi connectivity index (χ4v) is 1.57. The molecule has 0 radical (unpaired) electrons. The number of allylic oxidation sites excluding steroid dienone is 4. The van der Waals surface area contributed by atoms with Crippen LogP contribution in [0.5, 0.6) is 0 Å². The zero-order valence-corrected chi connectivity index (χ0v) is 13.2. The molecule has 0 saturated heterocycles. The van der Waals surface area contributed by atoms with E-state index >= 15 is 0 Å². The Kier molecular flexibility index (Phi) is 5.77. The van der Waals surface area contributed by atoms with Gasteiger partial charge in [-0.25, -0.2) is 4.99 Å². The maximum atomic E-state index is 5.97. The summed E-state index contributed by atoms with van der Waals surface area (Å²) >= 11 is 3.39. The third kappa shape index (κ3) is 5.26. The summed E-state index contributed by atoms with van der Waals surface area (Å²) < 4.78 is 1.02. The minimum absolute atomic E-state index is 0.474. The smallest absolute Gasteiger partial charge is 0.131 e. The van der Waals surface area contributed by atoms with Crippen LogP contribution in [0.4, 0.5) is 0 Å². The summed E-state index contributed by atoms with van der Waals surface area (Å²) in [6, 6.07) is 7.72. The Morgan fingerprint density at radius 3 is 2.26 bits per heavy atom. The minimum Gasteiger partial charge on any atom is -0.383 e. The van der Waals surface area contributed by atoms with Gasteiger partial charge in [0, 0.05) is 10.0 Å². The van der Waals surface area contributed by atoms with Crippen LogP contribution >= 0.6 is 15.9 Å². The van der Waals surface area contributed by atoms with Crippen molar-refractivity contribution in [2.45, 2.75) is 20.8 Å². The summed E-state index contributed by atoms with van der Waals surface area (Å²) in [4.78, 5) is 4.34. The first kappa shape index (κ1) is 15.4. The molecule has 1 aromatic rings. The van der Waals surface area contributed by atoms with Gasteiger partial charge in [-0.1, -0.05) is 52.4 Å². The Labute approximate surface area is 123 Å². The molecule has 2 N–H and O–H groups in total. The van der Waals surface area contributed by atoms with Gasteiger partial charge >= 0.3 is 0 Å². The molecule has 0 aliphatic rings. The van der Waals surface area contributed by atoms with Crippen LogP contribution in [0.2, 0.25) is 0 Å². The molecule has 2 nitrogen and oxygen atoms in total. The van der Waals surface area contributed by atoms with E-state index in [0.717, 1.165) is 15.6 Å². The number of rotatable bonds is 4. The predicted octanol–water partition coefficient (Wildman–Crippen LogP) is 4.58. The molecule has 0 aromatic heterocycles. The van der Waals surface area contributed by atoms with Gasteiger partial charge in [0.1, 0.15) is 5.84 Å². The van der Waals surface area contributed by atoms with Crippen molar-refractivity contribution < 1.29 is 0 Å². The van der Waals surface area contributed by atoms with Crippen molar-refractivity contribution in [3.05, 3.63) is 69.9 Å². The largest absolute Gasteiger partial charge is 0.383 e. The SMILES string of the molecule is C=C(N=C(N)c1ccc(Br)cc1)/C(C)=C/C=C(C)C. The molecule has 3 heteroatoms. The summed E-state index contributed by atoms with van der Waals surface area (Å²) in [5.74, 6) is 0.474. The van der Waals surface area contributed by atoms with E-state index in [1.807, 2.05) is 57.2 Å². The first-order valence-corrected chi connectivity index (χ1v) is 6.80. The highest BCUT2D eigenvalue weighted by Crippen LogP contribution is 2.13. The summed E-state index contributed by atoms with van der Waals surface area (Å²) in [7, 11) is 0. The zero-order valence-electron chi connectivity index (χ0n) is 11.6. The van der Waals surface area contributed by atoms with Crippen molar-refractivity contribution in [3.63, 3.8) is 0 Å². The van der Waals surface area contributed by atoms with Crippen LogP contribution in [0.1, 0.15) is 26.3 Å². The molecule has 0 aliphatic heterocycles. The number of hydrogen-bond acceptors (Lipinski definition) is 1. The van der Waals surface area contributed by atoms with E-state index in [1.54, 1.807) is 0 Å². The van der Waals surface area contributed by atoms with Crippen molar-refractivity contribution in [2.75, 3.05) is 0 Å². The number of aliphatic imine (C=N–C) groups is 1. The number of halogens is 1. The molecule has 0 heterocycles. The van der Waals surface area contributed by atoms with Gasteiger partial charge in [-0.05, 0) is 38.5 Å². The predicted molar refractivity (Wildman–Crippen MR) is 87.2 cm³/mol. The van der Waals surface area contributed by atoms with E-state index in [0.29, 0.717) is 11.5 Å². The molecule has 0 amide bonds. The lowest BCUT2D eigenvalue weighted by Gasteiger charge is -2.04. The average molecular weight is 319 g/mol. The van der Waals surface area contributed by atoms with Crippen LogP contribution in [0.25, 0.3) is 0 Å². The second-order valence-corrected chi connectivity index (χ2v) is 5.46. The number of nitrogens with zero attached hydrogens (tertiary/aromatic N) is 1. The van der Waals surface area contributed by atoms with Crippen LogP contribution in [0.15, 0.2) is 69.3 Å². The summed E-state index contributed by atoms with van der Waals surface area (Å²) in [6.07, 6.45) is 4.03. The molecule has 1 aromatic carbocycles. The van der Waals surface area contributed by atoms with Gasteiger partial charge in [-0.2, -0.15) is 0 Å². The number of amidine groups is 1. The maximum Gasteiger partial charge on any atom is 0.131 e. The highest BCUT2D eigenvalue weighted by Gasteiger charge is 2.00. The van der Waals surface area contributed by atoms with Crippen LogP contribution in [-0.4, -0.2) is 5.84 Å². The highest BCUT2D eigenvalue weighted by atomic mass is 79.9.